The number of fused-ring (bicyclic) bond motifs is 1. The van der Waals surface area contributed by atoms with Crippen molar-refractivity contribution in [2.24, 2.45) is 0 Å². The van der Waals surface area contributed by atoms with Gasteiger partial charge in [0.1, 0.15) is 5.00 Å². The Morgan fingerprint density at radius 1 is 1.22 bits per heavy atom. The molecule has 2 heterocycles. The minimum absolute atomic E-state index is 0.156. The van der Waals surface area contributed by atoms with Crippen molar-refractivity contribution >= 4 is 50.8 Å². The Labute approximate surface area is 163 Å². The lowest BCUT2D eigenvalue weighted by atomic mass is 10.1. The molecule has 1 aliphatic rings. The van der Waals surface area contributed by atoms with Crippen LogP contribution in [0.2, 0.25) is 5.02 Å². The molecular weight excluding hydrogens is 386 g/mol. The van der Waals surface area contributed by atoms with Gasteiger partial charge < -0.3 is 20.5 Å². The molecular formula is C19H12ClN3O3S. The molecule has 3 N–H and O–H groups in total. The second-order valence-corrected chi connectivity index (χ2v) is 7.12. The fraction of sp³-hybridized carbons (Fsp3) is 0.0526. The van der Waals surface area contributed by atoms with Gasteiger partial charge in [0.2, 0.25) is 18.3 Å². The van der Waals surface area contributed by atoms with Crippen LogP contribution in [0.4, 0.5) is 22.1 Å². The summed E-state index contributed by atoms with van der Waals surface area (Å²) in [6.45, 7) is 7.62. The van der Waals surface area contributed by atoms with E-state index in [4.69, 9.17) is 33.4 Å². The van der Waals surface area contributed by atoms with Crippen molar-refractivity contribution < 1.29 is 14.3 Å². The van der Waals surface area contributed by atoms with Crippen molar-refractivity contribution in [2.45, 2.75) is 0 Å². The van der Waals surface area contributed by atoms with Crippen LogP contribution in [0.15, 0.2) is 42.5 Å². The SMILES string of the molecule is [C-]#[N+]c1c(Nc2ccc3c(c2)OCO3)sc(C(=O)c2cccc(Cl)c2)c1N. The first-order chi connectivity index (χ1) is 13.1. The maximum absolute atomic E-state index is 12.8. The first-order valence-electron chi connectivity index (χ1n) is 7.83. The van der Waals surface area contributed by atoms with Gasteiger partial charge in [-0.1, -0.05) is 23.7 Å². The molecule has 1 aromatic heterocycles. The quantitative estimate of drug-likeness (QED) is 0.465. The molecule has 0 fully saturated rings. The number of carbonyl (C=O) groups is 1. The maximum Gasteiger partial charge on any atom is 0.243 e. The Kier molecular flexibility index (Phi) is 4.36. The smallest absolute Gasteiger partial charge is 0.243 e. The number of nitrogens with one attached hydrogen (secondary N) is 1. The summed E-state index contributed by atoms with van der Waals surface area (Å²) in [5.74, 6) is 1.00. The minimum Gasteiger partial charge on any atom is -0.454 e. The van der Waals surface area contributed by atoms with E-state index in [0.29, 0.717) is 37.7 Å². The van der Waals surface area contributed by atoms with E-state index in [-0.39, 0.29) is 24.0 Å². The van der Waals surface area contributed by atoms with E-state index in [0.717, 1.165) is 11.3 Å². The highest BCUT2D eigenvalue weighted by Crippen LogP contribution is 2.46. The maximum atomic E-state index is 12.8. The second kappa shape index (κ2) is 6.83. The lowest BCUT2D eigenvalue weighted by molar-refractivity contribution is 0.104. The van der Waals surface area contributed by atoms with Crippen LogP contribution in [-0.2, 0) is 0 Å². The number of nitrogens with zero attached hydrogens (tertiary/aromatic N) is 1. The Hall–Kier alpha value is -3.21. The molecule has 0 saturated carbocycles. The Bertz CT molecular complexity index is 1100. The second-order valence-electron chi connectivity index (χ2n) is 5.67. The van der Waals surface area contributed by atoms with E-state index in [1.54, 1.807) is 42.5 Å². The fourth-order valence-corrected chi connectivity index (χ4v) is 3.90. The Morgan fingerprint density at radius 3 is 2.81 bits per heavy atom. The number of nitrogen functional groups attached to an aromatic ring is 1. The van der Waals surface area contributed by atoms with E-state index in [1.807, 2.05) is 0 Å². The average molecular weight is 398 g/mol. The zero-order valence-electron chi connectivity index (χ0n) is 13.8. The molecule has 3 aromatic rings. The molecule has 27 heavy (non-hydrogen) atoms. The summed E-state index contributed by atoms with van der Waals surface area (Å²) in [6, 6.07) is 12.0. The van der Waals surface area contributed by atoms with Gasteiger partial charge in [0, 0.05) is 22.3 Å². The van der Waals surface area contributed by atoms with Crippen molar-refractivity contribution in [2.75, 3.05) is 17.8 Å². The fourth-order valence-electron chi connectivity index (χ4n) is 2.67. The zero-order valence-corrected chi connectivity index (χ0v) is 15.4. The van der Waals surface area contributed by atoms with E-state index >= 15 is 0 Å². The predicted octanol–water partition coefficient (Wildman–Crippen LogP) is 5.24. The van der Waals surface area contributed by atoms with Gasteiger partial charge in [-0.2, -0.15) is 0 Å². The van der Waals surface area contributed by atoms with Crippen molar-refractivity contribution in [1.29, 1.82) is 0 Å². The number of benzene rings is 2. The lowest BCUT2D eigenvalue weighted by Crippen LogP contribution is -2.01. The van der Waals surface area contributed by atoms with E-state index in [9.17, 15) is 4.79 Å². The highest BCUT2D eigenvalue weighted by atomic mass is 35.5. The van der Waals surface area contributed by atoms with Crippen LogP contribution in [0.3, 0.4) is 0 Å². The summed E-state index contributed by atoms with van der Waals surface area (Å²) in [7, 11) is 0. The molecule has 0 aliphatic carbocycles. The van der Waals surface area contributed by atoms with Crippen molar-refractivity contribution in [3.05, 3.63) is 69.3 Å². The molecule has 134 valence electrons. The summed E-state index contributed by atoms with van der Waals surface area (Å²) < 4.78 is 10.6. The number of thiophene rings is 1. The van der Waals surface area contributed by atoms with E-state index in [2.05, 4.69) is 10.2 Å². The molecule has 8 heteroatoms. The summed E-state index contributed by atoms with van der Waals surface area (Å²) in [5, 5.41) is 4.09. The molecule has 0 amide bonds. The van der Waals surface area contributed by atoms with E-state index < -0.39 is 0 Å². The van der Waals surface area contributed by atoms with Crippen LogP contribution in [-0.4, -0.2) is 12.6 Å². The molecule has 0 spiro atoms. The molecule has 2 aromatic carbocycles. The van der Waals surface area contributed by atoms with Crippen LogP contribution >= 0.6 is 22.9 Å². The number of ether oxygens (including phenoxy) is 2. The van der Waals surface area contributed by atoms with Gasteiger partial charge in [0.25, 0.3) is 0 Å². The highest BCUT2D eigenvalue weighted by Gasteiger charge is 2.23. The normalized spacial score (nSPS) is 11.9. The zero-order chi connectivity index (χ0) is 19.0. The summed E-state index contributed by atoms with van der Waals surface area (Å²) in [6.07, 6.45) is 0. The molecule has 0 atom stereocenters. The molecule has 6 nitrogen and oxygen atoms in total. The molecule has 1 aliphatic heterocycles. The van der Waals surface area contributed by atoms with Crippen LogP contribution in [0.1, 0.15) is 15.2 Å². The minimum atomic E-state index is -0.274. The summed E-state index contributed by atoms with van der Waals surface area (Å²) in [5.41, 5.74) is 7.58. The first-order valence-corrected chi connectivity index (χ1v) is 9.03. The molecule has 0 unspecified atom stereocenters. The largest absolute Gasteiger partial charge is 0.454 e. The third-order valence-electron chi connectivity index (χ3n) is 3.95. The number of rotatable bonds is 4. The van der Waals surface area contributed by atoms with Gasteiger partial charge in [-0.15, -0.1) is 11.3 Å². The van der Waals surface area contributed by atoms with Crippen LogP contribution in [0, 0.1) is 6.57 Å². The molecule has 4 rings (SSSR count). The number of ketones is 1. The van der Waals surface area contributed by atoms with Gasteiger partial charge in [-0.3, -0.25) is 4.79 Å². The van der Waals surface area contributed by atoms with E-state index in [1.165, 1.54) is 0 Å². The van der Waals surface area contributed by atoms with Gasteiger partial charge >= 0.3 is 0 Å². The lowest BCUT2D eigenvalue weighted by Gasteiger charge is -2.05. The van der Waals surface area contributed by atoms with Crippen molar-refractivity contribution in [3.8, 4) is 11.5 Å². The topological polar surface area (TPSA) is 77.9 Å². The predicted molar refractivity (Wildman–Crippen MR) is 106 cm³/mol. The van der Waals surface area contributed by atoms with Crippen molar-refractivity contribution in [3.63, 3.8) is 0 Å². The Morgan fingerprint density at radius 2 is 2.04 bits per heavy atom. The number of carbonyl (C=O) groups excluding carboxylic acids is 1. The number of nitrogens with two attached hydrogens (primary N) is 1. The third-order valence-corrected chi connectivity index (χ3v) is 5.30. The van der Waals surface area contributed by atoms with Crippen LogP contribution in [0.25, 0.3) is 4.85 Å². The summed E-state index contributed by atoms with van der Waals surface area (Å²) >= 11 is 7.10. The van der Waals surface area contributed by atoms with Crippen LogP contribution < -0.4 is 20.5 Å². The number of hydrogen-bond donors (Lipinski definition) is 2. The third kappa shape index (κ3) is 3.16. The first kappa shape index (κ1) is 17.2. The molecule has 0 bridgehead atoms. The molecule has 0 radical (unpaired) electrons. The van der Waals surface area contributed by atoms with Crippen molar-refractivity contribution in [1.82, 2.24) is 0 Å². The Balaban J connectivity index is 1.69. The van der Waals surface area contributed by atoms with Gasteiger partial charge in [0.15, 0.2) is 11.5 Å². The highest BCUT2D eigenvalue weighted by molar-refractivity contribution is 7.19. The standard InChI is InChI=1S/C19H12ClN3O3S/c1-22-16-15(21)18(17(24)10-3-2-4-11(20)7-10)27-19(16)23-12-5-6-13-14(8-12)26-9-25-13/h2-8,23H,9,21H2. The van der Waals surface area contributed by atoms with Gasteiger partial charge in [-0.25, -0.2) is 4.85 Å². The molecule has 0 saturated heterocycles. The summed E-state index contributed by atoms with van der Waals surface area (Å²) in [4.78, 5) is 16.6. The average Bonchev–Trinajstić information content (AvgIpc) is 3.25. The van der Waals surface area contributed by atoms with Gasteiger partial charge in [-0.05, 0) is 24.3 Å². The van der Waals surface area contributed by atoms with Crippen LogP contribution in [0.5, 0.6) is 11.5 Å². The number of anilines is 3. The monoisotopic (exact) mass is 397 g/mol. The van der Waals surface area contributed by atoms with Gasteiger partial charge in [0.05, 0.1) is 17.1 Å². The number of hydrogen-bond acceptors (Lipinski definition) is 6. The number of halogens is 1.